The Balaban J connectivity index is 2.30. The Morgan fingerprint density at radius 3 is 2.72 bits per heavy atom. The van der Waals surface area contributed by atoms with E-state index in [2.05, 4.69) is 37.3 Å². The first-order chi connectivity index (χ1) is 8.63. The van der Waals surface area contributed by atoms with Crippen LogP contribution in [0.15, 0.2) is 12.3 Å². The molecule has 1 unspecified atom stereocenters. The van der Waals surface area contributed by atoms with Gasteiger partial charge in [0.15, 0.2) is 0 Å². The van der Waals surface area contributed by atoms with E-state index in [1.54, 1.807) is 0 Å². The van der Waals surface area contributed by atoms with Crippen molar-refractivity contribution in [2.45, 2.75) is 58.9 Å². The van der Waals surface area contributed by atoms with Crippen molar-refractivity contribution >= 4 is 0 Å². The van der Waals surface area contributed by atoms with Crippen LogP contribution in [0.25, 0.3) is 0 Å². The van der Waals surface area contributed by atoms with E-state index < -0.39 is 0 Å². The van der Waals surface area contributed by atoms with Gasteiger partial charge in [-0.25, -0.2) is 0 Å². The van der Waals surface area contributed by atoms with Crippen molar-refractivity contribution in [1.29, 1.82) is 0 Å². The number of rotatable bonds is 9. The van der Waals surface area contributed by atoms with Gasteiger partial charge >= 0.3 is 0 Å². The predicted molar refractivity (Wildman–Crippen MR) is 77.7 cm³/mol. The first kappa shape index (κ1) is 15.2. The highest BCUT2D eigenvalue weighted by Crippen LogP contribution is 2.12. The number of aryl methyl sites for hydroxylation is 2. The van der Waals surface area contributed by atoms with E-state index in [1.165, 1.54) is 31.4 Å². The van der Waals surface area contributed by atoms with Gasteiger partial charge in [0.1, 0.15) is 0 Å². The van der Waals surface area contributed by atoms with Crippen LogP contribution in [0.1, 0.15) is 52.1 Å². The zero-order valence-electron chi connectivity index (χ0n) is 12.4. The molecule has 0 aliphatic rings. The molecule has 0 bridgehead atoms. The summed E-state index contributed by atoms with van der Waals surface area (Å²) in [7, 11) is 2.02. The van der Waals surface area contributed by atoms with Crippen LogP contribution < -0.4 is 5.32 Å². The molecule has 0 amide bonds. The van der Waals surface area contributed by atoms with Crippen molar-refractivity contribution in [2.24, 2.45) is 13.0 Å². The third kappa shape index (κ3) is 5.67. The van der Waals surface area contributed by atoms with Crippen molar-refractivity contribution in [1.82, 2.24) is 15.1 Å². The minimum Gasteiger partial charge on any atom is -0.314 e. The van der Waals surface area contributed by atoms with Gasteiger partial charge in [0, 0.05) is 25.0 Å². The molecule has 1 N–H and O–H groups in total. The molecule has 1 heterocycles. The average molecular weight is 251 g/mol. The summed E-state index contributed by atoms with van der Waals surface area (Å²) in [4.78, 5) is 0. The topological polar surface area (TPSA) is 29.9 Å². The number of hydrogen-bond donors (Lipinski definition) is 1. The molecule has 1 aromatic rings. The van der Waals surface area contributed by atoms with Crippen LogP contribution in [0.5, 0.6) is 0 Å². The van der Waals surface area contributed by atoms with Gasteiger partial charge in [-0.15, -0.1) is 0 Å². The van der Waals surface area contributed by atoms with Crippen LogP contribution in [-0.2, 0) is 13.5 Å². The Labute approximate surface area is 112 Å². The molecule has 3 heteroatoms. The second-order valence-corrected chi connectivity index (χ2v) is 5.62. The highest BCUT2D eigenvalue weighted by atomic mass is 15.2. The van der Waals surface area contributed by atoms with Crippen LogP contribution in [0.3, 0.4) is 0 Å². The fraction of sp³-hybridized carbons (Fsp3) is 0.800. The molecule has 0 aliphatic carbocycles. The summed E-state index contributed by atoms with van der Waals surface area (Å²) < 4.78 is 1.98. The molecule has 0 fully saturated rings. The first-order valence-electron chi connectivity index (χ1n) is 7.33. The largest absolute Gasteiger partial charge is 0.314 e. The predicted octanol–water partition coefficient (Wildman–Crippen LogP) is 3.16. The smallest absolute Gasteiger partial charge is 0.0492 e. The van der Waals surface area contributed by atoms with Gasteiger partial charge < -0.3 is 5.32 Å². The lowest BCUT2D eigenvalue weighted by molar-refractivity contribution is 0.390. The van der Waals surface area contributed by atoms with Gasteiger partial charge in [-0.2, -0.15) is 5.10 Å². The fourth-order valence-electron chi connectivity index (χ4n) is 2.40. The minimum absolute atomic E-state index is 0.679. The summed E-state index contributed by atoms with van der Waals surface area (Å²) in [5.74, 6) is 0.774. The summed E-state index contributed by atoms with van der Waals surface area (Å²) in [5.41, 5.74) is 1.34. The monoisotopic (exact) mass is 251 g/mol. The molecule has 1 aromatic heterocycles. The summed E-state index contributed by atoms with van der Waals surface area (Å²) in [6, 6.07) is 2.80. The Hall–Kier alpha value is -0.830. The van der Waals surface area contributed by atoms with Gasteiger partial charge in [0.25, 0.3) is 0 Å². The standard InChI is InChI=1S/C15H29N3/c1-5-10-16-14(12-13(2)3)7-6-8-15-9-11-17-18(15)4/h9,11,13-14,16H,5-8,10,12H2,1-4H3. The first-order valence-corrected chi connectivity index (χ1v) is 7.33. The molecule has 104 valence electrons. The van der Waals surface area contributed by atoms with E-state index in [1.807, 2.05) is 17.9 Å². The van der Waals surface area contributed by atoms with Gasteiger partial charge in [0.2, 0.25) is 0 Å². The van der Waals surface area contributed by atoms with E-state index in [-0.39, 0.29) is 0 Å². The van der Waals surface area contributed by atoms with E-state index in [0.29, 0.717) is 6.04 Å². The fourth-order valence-corrected chi connectivity index (χ4v) is 2.40. The second kappa shape index (κ2) is 8.30. The molecule has 18 heavy (non-hydrogen) atoms. The summed E-state index contributed by atoms with van der Waals surface area (Å²) >= 11 is 0. The maximum absolute atomic E-state index is 4.21. The number of nitrogens with one attached hydrogen (secondary N) is 1. The lowest BCUT2D eigenvalue weighted by Crippen LogP contribution is -2.31. The Morgan fingerprint density at radius 1 is 1.39 bits per heavy atom. The maximum Gasteiger partial charge on any atom is 0.0492 e. The van der Waals surface area contributed by atoms with Gasteiger partial charge in [-0.05, 0) is 50.6 Å². The van der Waals surface area contributed by atoms with Gasteiger partial charge in [0.05, 0.1) is 0 Å². The molecule has 0 saturated heterocycles. The van der Waals surface area contributed by atoms with Gasteiger partial charge in [-0.3, -0.25) is 4.68 Å². The third-order valence-corrected chi connectivity index (χ3v) is 3.35. The van der Waals surface area contributed by atoms with Crippen LogP contribution in [0.2, 0.25) is 0 Å². The van der Waals surface area contributed by atoms with Crippen LogP contribution in [0.4, 0.5) is 0 Å². The van der Waals surface area contributed by atoms with Crippen LogP contribution in [-0.4, -0.2) is 22.4 Å². The van der Waals surface area contributed by atoms with E-state index in [4.69, 9.17) is 0 Å². The number of nitrogens with zero attached hydrogens (tertiary/aromatic N) is 2. The van der Waals surface area contributed by atoms with Crippen molar-refractivity contribution in [3.05, 3.63) is 18.0 Å². The lowest BCUT2D eigenvalue weighted by Gasteiger charge is -2.20. The molecule has 0 radical (unpaired) electrons. The van der Waals surface area contributed by atoms with Crippen LogP contribution in [0, 0.1) is 5.92 Å². The SMILES string of the molecule is CCCNC(CCCc1ccnn1C)CC(C)C. The van der Waals surface area contributed by atoms with Crippen molar-refractivity contribution in [3.63, 3.8) is 0 Å². The molecular formula is C15H29N3. The molecule has 1 rings (SSSR count). The zero-order chi connectivity index (χ0) is 13.4. The molecular weight excluding hydrogens is 222 g/mol. The van der Waals surface area contributed by atoms with E-state index >= 15 is 0 Å². The summed E-state index contributed by atoms with van der Waals surface area (Å²) in [5, 5.41) is 7.89. The Kier molecular flexibility index (Phi) is 7.02. The number of hydrogen-bond acceptors (Lipinski definition) is 2. The van der Waals surface area contributed by atoms with E-state index in [9.17, 15) is 0 Å². The Morgan fingerprint density at radius 2 is 2.17 bits per heavy atom. The third-order valence-electron chi connectivity index (χ3n) is 3.35. The highest BCUT2D eigenvalue weighted by molar-refractivity contribution is 4.99. The van der Waals surface area contributed by atoms with Crippen molar-refractivity contribution in [3.8, 4) is 0 Å². The van der Waals surface area contributed by atoms with Crippen LogP contribution >= 0.6 is 0 Å². The van der Waals surface area contributed by atoms with Gasteiger partial charge in [-0.1, -0.05) is 20.8 Å². The molecule has 0 spiro atoms. The zero-order valence-corrected chi connectivity index (χ0v) is 12.4. The highest BCUT2D eigenvalue weighted by Gasteiger charge is 2.10. The lowest BCUT2D eigenvalue weighted by atomic mass is 9.98. The minimum atomic E-state index is 0.679. The molecule has 0 saturated carbocycles. The number of aromatic nitrogens is 2. The molecule has 1 atom stereocenters. The summed E-state index contributed by atoms with van der Waals surface area (Å²) in [6.45, 7) is 7.99. The quantitative estimate of drug-likeness (QED) is 0.730. The molecule has 3 nitrogen and oxygen atoms in total. The average Bonchev–Trinajstić information content (AvgIpc) is 2.71. The molecule has 0 aliphatic heterocycles. The normalized spacial score (nSPS) is 13.2. The molecule has 0 aromatic carbocycles. The van der Waals surface area contributed by atoms with Crippen molar-refractivity contribution in [2.75, 3.05) is 6.54 Å². The maximum atomic E-state index is 4.21. The van der Waals surface area contributed by atoms with Crippen molar-refractivity contribution < 1.29 is 0 Å². The Bertz CT molecular complexity index is 317. The summed E-state index contributed by atoms with van der Waals surface area (Å²) in [6.07, 6.45) is 8.04. The van der Waals surface area contributed by atoms with E-state index in [0.717, 1.165) is 18.9 Å². The second-order valence-electron chi connectivity index (χ2n) is 5.62.